The number of ether oxygens (including phenoxy) is 2. The molecule has 7 nitrogen and oxygen atoms in total. The van der Waals surface area contributed by atoms with E-state index in [2.05, 4.69) is 24.8 Å². The molecule has 0 amide bonds. The Morgan fingerprint density at radius 3 is 2.84 bits per heavy atom. The molecule has 0 bridgehead atoms. The molecule has 1 aliphatic heterocycles. The molecule has 1 saturated heterocycles. The molecule has 0 radical (unpaired) electrons. The Bertz CT molecular complexity index is 695. The van der Waals surface area contributed by atoms with Crippen molar-refractivity contribution in [2.24, 2.45) is 0 Å². The second-order valence-electron chi connectivity index (χ2n) is 6.52. The monoisotopic (exact) mass is 343 g/mol. The van der Waals surface area contributed by atoms with E-state index in [-0.39, 0.29) is 6.10 Å². The lowest BCUT2D eigenvalue weighted by atomic mass is 10.3. The van der Waals surface area contributed by atoms with Crippen LogP contribution in [-0.4, -0.2) is 65.2 Å². The van der Waals surface area contributed by atoms with Gasteiger partial charge in [-0.25, -0.2) is 4.98 Å². The smallest absolute Gasteiger partial charge is 0.316 e. The number of hydrogen-bond acceptors (Lipinski definition) is 7. The summed E-state index contributed by atoms with van der Waals surface area (Å²) in [5, 5.41) is 0. The van der Waals surface area contributed by atoms with Crippen LogP contribution in [0.3, 0.4) is 0 Å². The molecule has 0 N–H and O–H groups in total. The summed E-state index contributed by atoms with van der Waals surface area (Å²) in [6.07, 6.45) is 4.74. The molecule has 3 heterocycles. The average Bonchev–Trinajstić information content (AvgIpc) is 3.01. The summed E-state index contributed by atoms with van der Waals surface area (Å²) in [5.74, 6) is 0.891. The van der Waals surface area contributed by atoms with Crippen molar-refractivity contribution in [1.82, 2.24) is 24.8 Å². The third kappa shape index (κ3) is 5.11. The fourth-order valence-corrected chi connectivity index (χ4v) is 2.96. The van der Waals surface area contributed by atoms with Crippen molar-refractivity contribution in [1.29, 1.82) is 0 Å². The van der Waals surface area contributed by atoms with Crippen LogP contribution < -0.4 is 9.47 Å². The van der Waals surface area contributed by atoms with Gasteiger partial charge in [0, 0.05) is 44.6 Å². The van der Waals surface area contributed by atoms with Crippen molar-refractivity contribution >= 4 is 0 Å². The predicted octanol–water partition coefficient (Wildman–Crippen LogP) is 1.60. The van der Waals surface area contributed by atoms with E-state index in [1.54, 1.807) is 13.3 Å². The zero-order chi connectivity index (χ0) is 17.6. The van der Waals surface area contributed by atoms with Crippen molar-refractivity contribution in [2.45, 2.75) is 25.6 Å². The molecule has 1 aliphatic rings. The molecule has 1 fully saturated rings. The van der Waals surface area contributed by atoms with Crippen LogP contribution in [0.2, 0.25) is 0 Å². The molecule has 3 rings (SSSR count). The Kier molecular flexibility index (Phi) is 5.78. The van der Waals surface area contributed by atoms with Gasteiger partial charge in [-0.2, -0.15) is 4.98 Å². The molecule has 2 aromatic heterocycles. The lowest BCUT2D eigenvalue weighted by Crippen LogP contribution is -2.25. The quantitative estimate of drug-likeness (QED) is 0.756. The van der Waals surface area contributed by atoms with Gasteiger partial charge in [-0.3, -0.25) is 9.88 Å². The largest absolute Gasteiger partial charge is 0.489 e. The minimum absolute atomic E-state index is 0.193. The van der Waals surface area contributed by atoms with Crippen LogP contribution in [0.25, 0.3) is 0 Å². The van der Waals surface area contributed by atoms with E-state index in [9.17, 15) is 0 Å². The fourth-order valence-electron chi connectivity index (χ4n) is 2.96. The van der Waals surface area contributed by atoms with E-state index in [1.165, 1.54) is 0 Å². The molecule has 0 aliphatic carbocycles. The summed E-state index contributed by atoms with van der Waals surface area (Å²) in [6.45, 7) is 3.47. The molecule has 134 valence electrons. The highest BCUT2D eigenvalue weighted by atomic mass is 16.5. The minimum atomic E-state index is 0.193. The number of nitrogens with zero attached hydrogens (tertiary/aromatic N) is 5. The van der Waals surface area contributed by atoms with Gasteiger partial charge >= 0.3 is 6.01 Å². The van der Waals surface area contributed by atoms with Crippen molar-refractivity contribution in [3.05, 3.63) is 42.0 Å². The van der Waals surface area contributed by atoms with Gasteiger partial charge in [-0.15, -0.1) is 0 Å². The van der Waals surface area contributed by atoms with Gasteiger partial charge in [0.1, 0.15) is 11.9 Å². The number of likely N-dealkylation sites (tertiary alicyclic amines) is 1. The predicted molar refractivity (Wildman–Crippen MR) is 94.5 cm³/mol. The zero-order valence-electron chi connectivity index (χ0n) is 15.1. The third-order valence-electron chi connectivity index (χ3n) is 4.06. The first kappa shape index (κ1) is 17.6. The second-order valence-corrected chi connectivity index (χ2v) is 6.52. The third-order valence-corrected chi connectivity index (χ3v) is 4.06. The van der Waals surface area contributed by atoms with Crippen LogP contribution in [-0.2, 0) is 13.1 Å². The first-order chi connectivity index (χ1) is 12.1. The minimum Gasteiger partial charge on any atom is -0.489 e. The van der Waals surface area contributed by atoms with E-state index in [4.69, 9.17) is 9.47 Å². The summed E-state index contributed by atoms with van der Waals surface area (Å²) in [6, 6.07) is 6.29. The highest BCUT2D eigenvalue weighted by Crippen LogP contribution is 2.20. The van der Waals surface area contributed by atoms with Gasteiger partial charge in [0.05, 0.1) is 18.5 Å². The molecule has 1 atom stereocenters. The van der Waals surface area contributed by atoms with Crippen molar-refractivity contribution in [3.8, 4) is 11.8 Å². The van der Waals surface area contributed by atoms with Gasteiger partial charge in [-0.05, 0) is 32.6 Å². The summed E-state index contributed by atoms with van der Waals surface area (Å²) < 4.78 is 11.2. The van der Waals surface area contributed by atoms with Crippen molar-refractivity contribution < 1.29 is 9.47 Å². The number of pyridine rings is 1. The summed E-state index contributed by atoms with van der Waals surface area (Å²) in [7, 11) is 5.65. The normalized spacial score (nSPS) is 17.8. The molecule has 25 heavy (non-hydrogen) atoms. The number of rotatable bonds is 7. The lowest BCUT2D eigenvalue weighted by molar-refractivity contribution is 0.197. The van der Waals surface area contributed by atoms with Crippen LogP contribution in [0.5, 0.6) is 11.8 Å². The zero-order valence-corrected chi connectivity index (χ0v) is 15.1. The Morgan fingerprint density at radius 1 is 1.20 bits per heavy atom. The van der Waals surface area contributed by atoms with Gasteiger partial charge < -0.3 is 14.4 Å². The first-order valence-electron chi connectivity index (χ1n) is 8.47. The Hall–Kier alpha value is -2.25. The highest BCUT2D eigenvalue weighted by molar-refractivity contribution is 5.23. The average molecular weight is 343 g/mol. The molecule has 0 aromatic carbocycles. The van der Waals surface area contributed by atoms with E-state index in [0.717, 1.165) is 49.7 Å². The van der Waals surface area contributed by atoms with E-state index in [0.29, 0.717) is 6.01 Å². The van der Waals surface area contributed by atoms with Gasteiger partial charge in [0.25, 0.3) is 0 Å². The van der Waals surface area contributed by atoms with Gasteiger partial charge in [0.2, 0.25) is 0 Å². The highest BCUT2D eigenvalue weighted by Gasteiger charge is 2.24. The Labute approximate surface area is 148 Å². The van der Waals surface area contributed by atoms with Crippen LogP contribution in [0.1, 0.15) is 17.8 Å². The topological polar surface area (TPSA) is 63.6 Å². The Balaban J connectivity index is 1.54. The molecule has 7 heteroatoms. The van der Waals surface area contributed by atoms with Gasteiger partial charge in [-0.1, -0.05) is 0 Å². The number of methoxy groups -OCH3 is 1. The van der Waals surface area contributed by atoms with Crippen LogP contribution in [0, 0.1) is 0 Å². The second kappa shape index (κ2) is 8.22. The maximum absolute atomic E-state index is 6.15. The molecular formula is C18H25N5O2. The maximum atomic E-state index is 6.15. The van der Waals surface area contributed by atoms with Crippen LogP contribution in [0.4, 0.5) is 0 Å². The van der Waals surface area contributed by atoms with E-state index >= 15 is 0 Å². The van der Waals surface area contributed by atoms with Crippen molar-refractivity contribution in [2.75, 3.05) is 34.3 Å². The summed E-state index contributed by atoms with van der Waals surface area (Å²) in [5.41, 5.74) is 1.98. The summed E-state index contributed by atoms with van der Waals surface area (Å²) >= 11 is 0. The molecule has 2 aromatic rings. The SMILES string of the molecule is COc1nccc(CN2CCC(Oc3ccnc(CN(C)C)c3)C2)n1. The molecule has 0 saturated carbocycles. The summed E-state index contributed by atoms with van der Waals surface area (Å²) in [4.78, 5) is 17.2. The molecular weight excluding hydrogens is 318 g/mol. The van der Waals surface area contributed by atoms with E-state index < -0.39 is 0 Å². The number of hydrogen-bond donors (Lipinski definition) is 0. The standard InChI is InChI=1S/C18H25N5O2/c1-22(2)11-15-10-16(5-8-19-15)25-17-6-9-23(13-17)12-14-4-7-20-18(21-14)24-3/h4-5,7-8,10,17H,6,9,11-13H2,1-3H3. The van der Waals surface area contributed by atoms with Gasteiger partial charge in [0.15, 0.2) is 0 Å². The van der Waals surface area contributed by atoms with E-state index in [1.807, 2.05) is 38.5 Å². The number of aromatic nitrogens is 3. The maximum Gasteiger partial charge on any atom is 0.316 e. The lowest BCUT2D eigenvalue weighted by Gasteiger charge is -2.17. The first-order valence-corrected chi connectivity index (χ1v) is 8.47. The van der Waals surface area contributed by atoms with Crippen LogP contribution >= 0.6 is 0 Å². The van der Waals surface area contributed by atoms with Crippen LogP contribution in [0.15, 0.2) is 30.6 Å². The molecule has 0 spiro atoms. The van der Waals surface area contributed by atoms with Crippen molar-refractivity contribution in [3.63, 3.8) is 0 Å². The molecule has 1 unspecified atom stereocenters. The Morgan fingerprint density at radius 2 is 2.04 bits per heavy atom. The fraction of sp³-hybridized carbons (Fsp3) is 0.500.